The van der Waals surface area contributed by atoms with Crippen LogP contribution in [0.25, 0.3) is 10.1 Å². The van der Waals surface area contributed by atoms with Crippen molar-refractivity contribution in [1.82, 2.24) is 4.98 Å². The number of carboxylic acid groups (broad SMARTS) is 1. The van der Waals surface area contributed by atoms with Crippen LogP contribution in [-0.2, 0) is 0 Å². The standard InChI is InChI=1S/C8H4BrNO3S/c9-4-2-14-6-3(8(12)13)1-10-7(11)5(4)6/h1-2H,(H,10,11)(H,12,13). The fraction of sp³-hybridized carbons (Fsp3) is 0. The Labute approximate surface area is 90.3 Å². The van der Waals surface area contributed by atoms with Gasteiger partial charge in [-0.05, 0) is 15.9 Å². The maximum Gasteiger partial charge on any atom is 0.338 e. The van der Waals surface area contributed by atoms with Gasteiger partial charge < -0.3 is 10.1 Å². The number of H-pyrrole nitrogens is 1. The van der Waals surface area contributed by atoms with Crippen molar-refractivity contribution in [3.63, 3.8) is 0 Å². The van der Waals surface area contributed by atoms with Crippen molar-refractivity contribution in [3.8, 4) is 0 Å². The molecule has 2 aromatic rings. The summed E-state index contributed by atoms with van der Waals surface area (Å²) in [6, 6.07) is 0. The fourth-order valence-corrected chi connectivity index (χ4v) is 2.90. The molecule has 0 spiro atoms. The summed E-state index contributed by atoms with van der Waals surface area (Å²) in [7, 11) is 0. The molecule has 72 valence electrons. The molecule has 0 atom stereocenters. The van der Waals surface area contributed by atoms with Crippen LogP contribution in [0.4, 0.5) is 0 Å². The van der Waals surface area contributed by atoms with Gasteiger partial charge >= 0.3 is 5.97 Å². The number of halogens is 1. The van der Waals surface area contributed by atoms with Gasteiger partial charge in [-0.2, -0.15) is 0 Å². The van der Waals surface area contributed by atoms with E-state index in [1.165, 1.54) is 17.5 Å². The highest BCUT2D eigenvalue weighted by Crippen LogP contribution is 2.29. The molecule has 2 heterocycles. The van der Waals surface area contributed by atoms with Crippen molar-refractivity contribution in [2.24, 2.45) is 0 Å². The monoisotopic (exact) mass is 273 g/mol. The molecule has 0 aliphatic rings. The second-order valence-corrected chi connectivity index (χ2v) is 4.36. The van der Waals surface area contributed by atoms with Gasteiger partial charge in [0.25, 0.3) is 5.56 Å². The second-order valence-electron chi connectivity index (χ2n) is 2.62. The van der Waals surface area contributed by atoms with E-state index in [9.17, 15) is 9.59 Å². The van der Waals surface area contributed by atoms with Crippen LogP contribution in [0.1, 0.15) is 10.4 Å². The molecule has 2 N–H and O–H groups in total. The first kappa shape index (κ1) is 9.42. The molecule has 0 bridgehead atoms. The Kier molecular flexibility index (Phi) is 2.16. The van der Waals surface area contributed by atoms with E-state index in [2.05, 4.69) is 20.9 Å². The largest absolute Gasteiger partial charge is 0.478 e. The number of fused-ring (bicyclic) bond motifs is 1. The third-order valence-electron chi connectivity index (χ3n) is 1.80. The molecular weight excluding hydrogens is 270 g/mol. The second kappa shape index (κ2) is 3.21. The van der Waals surface area contributed by atoms with Crippen LogP contribution in [0, 0.1) is 0 Å². The van der Waals surface area contributed by atoms with Crippen LogP contribution >= 0.6 is 27.3 Å². The molecule has 0 radical (unpaired) electrons. The van der Waals surface area contributed by atoms with Gasteiger partial charge in [-0.1, -0.05) is 0 Å². The van der Waals surface area contributed by atoms with E-state index in [0.29, 0.717) is 14.6 Å². The van der Waals surface area contributed by atoms with Crippen molar-refractivity contribution in [3.05, 3.63) is 32.0 Å². The predicted octanol–water partition coefficient (Wildman–Crippen LogP) is 2.05. The number of rotatable bonds is 1. The lowest BCUT2D eigenvalue weighted by Gasteiger charge is -1.95. The molecule has 0 saturated carbocycles. The zero-order valence-corrected chi connectivity index (χ0v) is 9.11. The Morgan fingerprint density at radius 1 is 1.57 bits per heavy atom. The van der Waals surface area contributed by atoms with E-state index in [0.717, 1.165) is 0 Å². The van der Waals surface area contributed by atoms with E-state index >= 15 is 0 Å². The Morgan fingerprint density at radius 2 is 2.29 bits per heavy atom. The maximum atomic E-state index is 11.4. The summed E-state index contributed by atoms with van der Waals surface area (Å²) in [5.74, 6) is -1.04. The SMILES string of the molecule is O=C(O)c1c[nH]c(=O)c2c(Br)csc12. The van der Waals surface area contributed by atoms with Gasteiger partial charge in [0.15, 0.2) is 0 Å². The van der Waals surface area contributed by atoms with E-state index in [-0.39, 0.29) is 11.1 Å². The summed E-state index contributed by atoms with van der Waals surface area (Å²) in [4.78, 5) is 24.6. The van der Waals surface area contributed by atoms with Crippen LogP contribution in [0.3, 0.4) is 0 Å². The molecule has 0 aliphatic heterocycles. The minimum absolute atomic E-state index is 0.121. The number of aromatic amines is 1. The molecule has 0 aliphatic carbocycles. The van der Waals surface area contributed by atoms with Crippen LogP contribution in [0.15, 0.2) is 20.8 Å². The Bertz CT molecular complexity index is 571. The number of nitrogens with one attached hydrogen (secondary N) is 1. The molecule has 14 heavy (non-hydrogen) atoms. The summed E-state index contributed by atoms with van der Waals surface area (Å²) in [6.07, 6.45) is 1.22. The molecule has 0 fully saturated rings. The average molecular weight is 274 g/mol. The summed E-state index contributed by atoms with van der Waals surface area (Å²) in [6.45, 7) is 0. The van der Waals surface area contributed by atoms with Gasteiger partial charge in [-0.25, -0.2) is 4.79 Å². The number of carbonyl (C=O) groups is 1. The topological polar surface area (TPSA) is 70.2 Å². The van der Waals surface area contributed by atoms with E-state index < -0.39 is 5.97 Å². The van der Waals surface area contributed by atoms with Gasteiger partial charge in [0.1, 0.15) is 0 Å². The van der Waals surface area contributed by atoms with Crippen molar-refractivity contribution in [2.75, 3.05) is 0 Å². The summed E-state index contributed by atoms with van der Waals surface area (Å²) >= 11 is 4.43. The third-order valence-corrected chi connectivity index (χ3v) is 3.74. The lowest BCUT2D eigenvalue weighted by molar-refractivity contribution is 0.0699. The smallest absolute Gasteiger partial charge is 0.338 e. The summed E-state index contributed by atoms with van der Waals surface area (Å²) in [5, 5.41) is 11.0. The van der Waals surface area contributed by atoms with Crippen LogP contribution < -0.4 is 5.56 Å². The minimum Gasteiger partial charge on any atom is -0.478 e. The zero-order valence-electron chi connectivity index (χ0n) is 6.70. The number of thiophene rings is 1. The van der Waals surface area contributed by atoms with E-state index in [1.807, 2.05) is 0 Å². The number of pyridine rings is 1. The first-order valence-electron chi connectivity index (χ1n) is 3.63. The molecule has 6 heteroatoms. The number of hydrogen-bond acceptors (Lipinski definition) is 3. The van der Waals surface area contributed by atoms with Gasteiger partial charge in [0.2, 0.25) is 0 Å². The first-order valence-corrected chi connectivity index (χ1v) is 5.30. The highest BCUT2D eigenvalue weighted by Gasteiger charge is 2.14. The highest BCUT2D eigenvalue weighted by atomic mass is 79.9. The van der Waals surface area contributed by atoms with Gasteiger partial charge in [0, 0.05) is 16.0 Å². The van der Waals surface area contributed by atoms with Crippen LogP contribution in [-0.4, -0.2) is 16.1 Å². The molecule has 2 aromatic heterocycles. The molecular formula is C8H4BrNO3S. The summed E-state index contributed by atoms with van der Waals surface area (Å²) in [5.41, 5.74) is -0.159. The lowest BCUT2D eigenvalue weighted by Crippen LogP contribution is -2.08. The average Bonchev–Trinajstić information content (AvgIpc) is 2.49. The lowest BCUT2D eigenvalue weighted by atomic mass is 10.2. The Morgan fingerprint density at radius 3 is 2.93 bits per heavy atom. The molecule has 0 unspecified atom stereocenters. The van der Waals surface area contributed by atoms with E-state index in [1.54, 1.807) is 5.38 Å². The Hall–Kier alpha value is -1.14. The maximum absolute atomic E-state index is 11.4. The molecule has 0 saturated heterocycles. The Balaban J connectivity index is 2.98. The molecule has 0 amide bonds. The van der Waals surface area contributed by atoms with Crippen molar-refractivity contribution in [2.45, 2.75) is 0 Å². The number of aromatic nitrogens is 1. The molecule has 0 aromatic carbocycles. The van der Waals surface area contributed by atoms with Gasteiger partial charge in [-0.15, -0.1) is 11.3 Å². The molecule has 4 nitrogen and oxygen atoms in total. The molecule has 2 rings (SSSR count). The van der Waals surface area contributed by atoms with Crippen LogP contribution in [0.2, 0.25) is 0 Å². The predicted molar refractivity (Wildman–Crippen MR) is 57.1 cm³/mol. The summed E-state index contributed by atoms with van der Waals surface area (Å²) < 4.78 is 1.12. The highest BCUT2D eigenvalue weighted by molar-refractivity contribution is 9.10. The minimum atomic E-state index is -1.04. The number of aromatic carboxylic acids is 1. The normalized spacial score (nSPS) is 10.6. The van der Waals surface area contributed by atoms with Gasteiger partial charge in [0.05, 0.1) is 15.6 Å². The fourth-order valence-electron chi connectivity index (χ4n) is 1.18. The number of hydrogen-bond donors (Lipinski definition) is 2. The van der Waals surface area contributed by atoms with Gasteiger partial charge in [-0.3, -0.25) is 4.79 Å². The van der Waals surface area contributed by atoms with Crippen molar-refractivity contribution < 1.29 is 9.90 Å². The number of carboxylic acids is 1. The van der Waals surface area contributed by atoms with E-state index in [4.69, 9.17) is 5.11 Å². The quantitative estimate of drug-likeness (QED) is 0.836. The van der Waals surface area contributed by atoms with Crippen molar-refractivity contribution >= 4 is 43.3 Å². The first-order chi connectivity index (χ1) is 6.61. The van der Waals surface area contributed by atoms with Crippen LogP contribution in [0.5, 0.6) is 0 Å². The zero-order chi connectivity index (χ0) is 10.3. The third kappa shape index (κ3) is 1.27. The van der Waals surface area contributed by atoms with Crippen molar-refractivity contribution in [1.29, 1.82) is 0 Å².